The monoisotopic (exact) mass is 306 g/mol. The van der Waals surface area contributed by atoms with Crippen LogP contribution >= 0.6 is 11.3 Å². The smallest absolute Gasteiger partial charge is 0.248 e. The maximum atomic E-state index is 13.8. The number of benzene rings is 1. The fourth-order valence-corrected chi connectivity index (χ4v) is 3.12. The number of halogens is 1. The predicted octanol–water partition coefficient (Wildman–Crippen LogP) is 3.02. The Labute approximate surface area is 128 Å². The molecule has 2 aromatic rings. The van der Waals surface area contributed by atoms with Crippen LogP contribution in [0.2, 0.25) is 0 Å². The number of carbonyl (C=O) groups excluding carboxylic acids is 1. The minimum absolute atomic E-state index is 0.193. The fraction of sp³-hybridized carbons (Fsp3) is 0.312. The molecule has 0 aliphatic heterocycles. The van der Waals surface area contributed by atoms with Crippen LogP contribution in [0.1, 0.15) is 32.6 Å². The Kier molecular flexibility index (Phi) is 5.09. The third-order valence-electron chi connectivity index (χ3n) is 3.28. The van der Waals surface area contributed by atoms with Gasteiger partial charge in [0.2, 0.25) is 5.91 Å². The number of nitrogens with one attached hydrogen (secondary N) is 1. The summed E-state index contributed by atoms with van der Waals surface area (Å²) < 4.78 is 13.8. The molecule has 1 aromatic heterocycles. The second kappa shape index (κ2) is 6.83. The van der Waals surface area contributed by atoms with Gasteiger partial charge in [-0.2, -0.15) is 0 Å². The zero-order chi connectivity index (χ0) is 15.4. The van der Waals surface area contributed by atoms with Crippen molar-refractivity contribution in [1.82, 2.24) is 5.32 Å². The highest BCUT2D eigenvalue weighted by atomic mass is 32.1. The quantitative estimate of drug-likeness (QED) is 0.862. The molecular weight excluding hydrogens is 287 g/mol. The molecule has 0 spiro atoms. The molecule has 0 saturated heterocycles. The molecule has 0 fully saturated rings. The van der Waals surface area contributed by atoms with Crippen LogP contribution in [-0.2, 0) is 13.0 Å². The zero-order valence-electron chi connectivity index (χ0n) is 12.2. The van der Waals surface area contributed by atoms with Crippen LogP contribution in [0, 0.1) is 12.7 Å². The molecule has 3 nitrogen and oxygen atoms in total. The van der Waals surface area contributed by atoms with Gasteiger partial charge in [-0.3, -0.25) is 4.79 Å². The van der Waals surface area contributed by atoms with Crippen molar-refractivity contribution in [2.45, 2.75) is 32.9 Å². The summed E-state index contributed by atoms with van der Waals surface area (Å²) in [5.74, 6) is -1.02. The Hall–Kier alpha value is -1.72. The predicted molar refractivity (Wildman–Crippen MR) is 84.0 cm³/mol. The van der Waals surface area contributed by atoms with E-state index in [1.165, 1.54) is 15.8 Å². The van der Waals surface area contributed by atoms with Crippen molar-refractivity contribution >= 4 is 17.2 Å². The van der Waals surface area contributed by atoms with Crippen molar-refractivity contribution in [2.24, 2.45) is 5.73 Å². The van der Waals surface area contributed by atoms with E-state index in [2.05, 4.69) is 31.3 Å². The van der Waals surface area contributed by atoms with Crippen LogP contribution in [0.5, 0.6) is 0 Å². The van der Waals surface area contributed by atoms with Crippen LogP contribution in [0.4, 0.5) is 4.39 Å². The minimum atomic E-state index is -0.616. The highest BCUT2D eigenvalue weighted by Gasteiger charge is 2.09. The summed E-state index contributed by atoms with van der Waals surface area (Å²) in [4.78, 5) is 13.6. The molecule has 2 rings (SSSR count). The molecule has 1 amide bonds. The molecule has 3 N–H and O–H groups in total. The van der Waals surface area contributed by atoms with Gasteiger partial charge in [-0.25, -0.2) is 4.39 Å². The highest BCUT2D eigenvalue weighted by Crippen LogP contribution is 2.17. The fourth-order valence-electron chi connectivity index (χ4n) is 2.10. The van der Waals surface area contributed by atoms with Crippen LogP contribution in [0.3, 0.4) is 0 Å². The number of thiophene rings is 1. The van der Waals surface area contributed by atoms with Gasteiger partial charge >= 0.3 is 0 Å². The van der Waals surface area contributed by atoms with Gasteiger partial charge in [0.1, 0.15) is 5.82 Å². The summed E-state index contributed by atoms with van der Waals surface area (Å²) in [5.41, 5.74) is 5.85. The highest BCUT2D eigenvalue weighted by molar-refractivity contribution is 7.11. The Balaban J connectivity index is 1.91. The van der Waals surface area contributed by atoms with E-state index < -0.39 is 11.7 Å². The number of primary amides is 1. The number of hydrogen-bond donors (Lipinski definition) is 2. The number of hydrogen-bond acceptors (Lipinski definition) is 3. The molecule has 21 heavy (non-hydrogen) atoms. The first-order valence-corrected chi connectivity index (χ1v) is 7.64. The molecule has 1 atom stereocenters. The lowest BCUT2D eigenvalue weighted by atomic mass is 10.1. The summed E-state index contributed by atoms with van der Waals surface area (Å²) in [5, 5.41) is 3.30. The van der Waals surface area contributed by atoms with Gasteiger partial charge < -0.3 is 11.1 Å². The third kappa shape index (κ3) is 4.37. The summed E-state index contributed by atoms with van der Waals surface area (Å²) in [6.45, 7) is 4.59. The van der Waals surface area contributed by atoms with Gasteiger partial charge in [-0.1, -0.05) is 6.07 Å². The maximum Gasteiger partial charge on any atom is 0.248 e. The molecule has 0 aliphatic rings. The molecule has 112 valence electrons. The Bertz CT molecular complexity index is 639. The zero-order valence-corrected chi connectivity index (χ0v) is 13.0. The standard InChI is InChI=1S/C16H19FN2OS/c1-10(7-14-6-3-11(2)21-14)19-9-13-5-4-12(16(18)20)8-15(13)17/h3-6,8,10,19H,7,9H2,1-2H3,(H2,18,20). The lowest BCUT2D eigenvalue weighted by Gasteiger charge is -2.13. The van der Waals surface area contributed by atoms with E-state index in [4.69, 9.17) is 5.73 Å². The Morgan fingerprint density at radius 2 is 2.14 bits per heavy atom. The van der Waals surface area contributed by atoms with Crippen LogP contribution in [0.15, 0.2) is 30.3 Å². The van der Waals surface area contributed by atoms with E-state index in [1.54, 1.807) is 23.5 Å². The summed E-state index contributed by atoms with van der Waals surface area (Å²) in [6.07, 6.45) is 0.916. The molecule has 1 aromatic carbocycles. The van der Waals surface area contributed by atoms with Crippen molar-refractivity contribution < 1.29 is 9.18 Å². The Morgan fingerprint density at radius 1 is 1.38 bits per heavy atom. The lowest BCUT2D eigenvalue weighted by molar-refractivity contribution is 0.1000. The van der Waals surface area contributed by atoms with Crippen LogP contribution in [0.25, 0.3) is 0 Å². The first kappa shape index (κ1) is 15.7. The SMILES string of the molecule is Cc1ccc(CC(C)NCc2ccc(C(N)=O)cc2F)s1. The number of rotatable bonds is 6. The van der Waals surface area contributed by atoms with Gasteiger partial charge in [0, 0.05) is 33.5 Å². The molecule has 0 bridgehead atoms. The number of aryl methyl sites for hydroxylation is 1. The molecular formula is C16H19FN2OS. The topological polar surface area (TPSA) is 55.1 Å². The van der Waals surface area contributed by atoms with E-state index in [-0.39, 0.29) is 11.6 Å². The van der Waals surface area contributed by atoms with Gasteiger partial charge in [0.05, 0.1) is 0 Å². The van der Waals surface area contributed by atoms with Crippen molar-refractivity contribution in [3.05, 3.63) is 57.0 Å². The lowest BCUT2D eigenvalue weighted by Crippen LogP contribution is -2.27. The minimum Gasteiger partial charge on any atom is -0.366 e. The molecule has 1 unspecified atom stereocenters. The first-order valence-electron chi connectivity index (χ1n) is 6.82. The van der Waals surface area contributed by atoms with E-state index in [0.717, 1.165) is 6.42 Å². The van der Waals surface area contributed by atoms with E-state index in [9.17, 15) is 9.18 Å². The average molecular weight is 306 g/mol. The third-order valence-corrected chi connectivity index (χ3v) is 4.30. The summed E-state index contributed by atoms with van der Waals surface area (Å²) in [7, 11) is 0. The van der Waals surface area contributed by atoms with Gasteiger partial charge in [0.15, 0.2) is 0 Å². The largest absolute Gasteiger partial charge is 0.366 e. The number of amides is 1. The average Bonchev–Trinajstić information content (AvgIpc) is 2.82. The van der Waals surface area contributed by atoms with Crippen molar-refractivity contribution in [3.63, 3.8) is 0 Å². The summed E-state index contributed by atoms with van der Waals surface area (Å²) >= 11 is 1.78. The van der Waals surface area contributed by atoms with E-state index in [1.807, 2.05) is 0 Å². The van der Waals surface area contributed by atoms with Crippen LogP contribution < -0.4 is 11.1 Å². The molecule has 0 radical (unpaired) electrons. The number of carbonyl (C=O) groups is 1. The van der Waals surface area contributed by atoms with E-state index >= 15 is 0 Å². The molecule has 0 saturated carbocycles. The normalized spacial score (nSPS) is 12.3. The van der Waals surface area contributed by atoms with Gasteiger partial charge in [-0.05, 0) is 44.5 Å². The first-order chi connectivity index (χ1) is 9.95. The molecule has 0 aliphatic carbocycles. The van der Waals surface area contributed by atoms with Crippen LogP contribution in [-0.4, -0.2) is 11.9 Å². The molecule has 1 heterocycles. The van der Waals surface area contributed by atoms with E-state index in [0.29, 0.717) is 12.1 Å². The maximum absolute atomic E-state index is 13.8. The van der Waals surface area contributed by atoms with Crippen molar-refractivity contribution in [2.75, 3.05) is 0 Å². The number of nitrogens with two attached hydrogens (primary N) is 1. The second-order valence-electron chi connectivity index (χ2n) is 5.17. The van der Waals surface area contributed by atoms with Gasteiger partial charge in [0.25, 0.3) is 0 Å². The van der Waals surface area contributed by atoms with Crippen molar-refractivity contribution in [3.8, 4) is 0 Å². The molecule has 5 heteroatoms. The summed E-state index contributed by atoms with van der Waals surface area (Å²) in [6, 6.07) is 8.82. The second-order valence-corrected chi connectivity index (χ2v) is 6.54. The van der Waals surface area contributed by atoms with Gasteiger partial charge in [-0.15, -0.1) is 11.3 Å². The van der Waals surface area contributed by atoms with Crippen molar-refractivity contribution in [1.29, 1.82) is 0 Å². The Morgan fingerprint density at radius 3 is 2.71 bits per heavy atom.